The van der Waals surface area contributed by atoms with Gasteiger partial charge in [-0.1, -0.05) is 0 Å². The molecule has 0 radical (unpaired) electrons. The van der Waals surface area contributed by atoms with Gasteiger partial charge in [-0.15, -0.1) is 0 Å². The molecule has 20 heavy (non-hydrogen) atoms. The van der Waals surface area contributed by atoms with E-state index in [1.807, 2.05) is 0 Å². The molecule has 0 aromatic carbocycles. The van der Waals surface area contributed by atoms with Gasteiger partial charge in [-0.2, -0.15) is 26.0 Å². The Kier molecular flexibility index (Phi) is 7.49. The van der Waals surface area contributed by atoms with Crippen LogP contribution in [0.1, 0.15) is 0 Å². The molecule has 0 saturated heterocycles. The Morgan fingerprint density at radius 1 is 0.850 bits per heavy atom. The van der Waals surface area contributed by atoms with E-state index in [4.69, 9.17) is 4.55 Å². The van der Waals surface area contributed by atoms with Crippen molar-refractivity contribution in [2.45, 2.75) is 36.1 Å². The normalized spacial score (nSPS) is 18.4. The molecule has 0 aromatic rings. The zero-order valence-corrected chi connectivity index (χ0v) is 9.20. The third-order valence-electron chi connectivity index (χ3n) is 1.86. The first-order valence-corrected chi connectivity index (χ1v) is 5.60. The van der Waals surface area contributed by atoms with Gasteiger partial charge in [0.25, 0.3) is 11.9 Å². The van der Waals surface area contributed by atoms with E-state index in [1.54, 1.807) is 0 Å². The summed E-state index contributed by atoms with van der Waals surface area (Å²) in [6.07, 6.45) is -13.7. The van der Waals surface area contributed by atoms with Crippen LogP contribution in [0.5, 0.6) is 0 Å². The van der Waals surface area contributed by atoms with Crippen molar-refractivity contribution in [2.75, 3.05) is 0 Å². The molecule has 0 aliphatic heterocycles. The van der Waals surface area contributed by atoms with Crippen molar-refractivity contribution in [2.24, 2.45) is 0 Å². The molecular weight excluding hydrogens is 330 g/mol. The van der Waals surface area contributed by atoms with Crippen molar-refractivity contribution in [3.8, 4) is 0 Å². The average Bonchev–Trinajstić information content (AvgIpc) is 2.23. The van der Waals surface area contributed by atoms with Gasteiger partial charge in [0.05, 0.1) is 0 Å². The third-order valence-corrected chi connectivity index (χ3v) is 2.68. The van der Waals surface area contributed by atoms with Crippen molar-refractivity contribution in [3.63, 3.8) is 0 Å². The van der Waals surface area contributed by atoms with Crippen LogP contribution in [0.25, 0.3) is 0 Å². The summed E-state index contributed by atoms with van der Waals surface area (Å²) in [4.78, 5) is 0. The molecule has 0 bridgehead atoms. The van der Waals surface area contributed by atoms with E-state index in [0.29, 0.717) is 0 Å². The summed E-state index contributed by atoms with van der Waals surface area (Å²) in [6, 6.07) is 0. The second kappa shape index (κ2) is 6.76. The summed E-state index contributed by atoms with van der Waals surface area (Å²) in [5, 5.41) is 0. The monoisotopic (exact) mass is 336 g/mol. The van der Waals surface area contributed by atoms with Crippen LogP contribution in [0.15, 0.2) is 0 Å². The van der Waals surface area contributed by atoms with Gasteiger partial charge in [0.15, 0.2) is 6.17 Å². The van der Waals surface area contributed by atoms with Crippen LogP contribution >= 0.6 is 0 Å². The SMILES string of the molecule is O=S(=O)(O)C(F)C(F)(F)C(F)(F)C(F)C(F)C(F)F.[LiH]. The summed E-state index contributed by atoms with van der Waals surface area (Å²) in [5.74, 6) is -12.9. The number of halogens is 9. The predicted octanol–water partition coefficient (Wildman–Crippen LogP) is 1.73. The van der Waals surface area contributed by atoms with Crippen molar-refractivity contribution in [3.05, 3.63) is 0 Å². The Hall–Kier alpha value is -0.123. The molecule has 3 atom stereocenters. The minimum absolute atomic E-state index is 0. The topological polar surface area (TPSA) is 54.4 Å². The molecular formula is C6H6F9LiO3S. The Labute approximate surface area is 118 Å². The summed E-state index contributed by atoms with van der Waals surface area (Å²) in [6.45, 7) is 0. The number of alkyl halides is 9. The van der Waals surface area contributed by atoms with Gasteiger partial charge < -0.3 is 0 Å². The fraction of sp³-hybridized carbons (Fsp3) is 1.00. The molecule has 0 rings (SSSR count). The van der Waals surface area contributed by atoms with E-state index < -0.39 is 46.2 Å². The summed E-state index contributed by atoms with van der Waals surface area (Å²) in [5.41, 5.74) is -5.02. The third kappa shape index (κ3) is 4.19. The maximum atomic E-state index is 12.7. The molecule has 118 valence electrons. The quantitative estimate of drug-likeness (QED) is 0.457. The Morgan fingerprint density at radius 3 is 1.45 bits per heavy atom. The van der Waals surface area contributed by atoms with Gasteiger partial charge >= 0.3 is 40.8 Å². The fourth-order valence-electron chi connectivity index (χ4n) is 0.850. The Balaban J connectivity index is 0. The Bertz CT molecular complexity index is 414. The van der Waals surface area contributed by atoms with Crippen LogP contribution in [0.4, 0.5) is 39.5 Å². The standard InChI is InChI=1S/C6H5F9O3S.Li.H/c7-1(3(9)10)2(8)5(12,13)6(14,15)4(11)19(16,17)18;;/h1-4H,(H,16,17,18);;. The van der Waals surface area contributed by atoms with Crippen LogP contribution < -0.4 is 0 Å². The second-order valence-electron chi connectivity index (χ2n) is 3.26. The van der Waals surface area contributed by atoms with E-state index in [0.717, 1.165) is 0 Å². The number of hydrogen-bond acceptors (Lipinski definition) is 2. The summed E-state index contributed by atoms with van der Waals surface area (Å²) < 4.78 is 139. The molecule has 0 spiro atoms. The van der Waals surface area contributed by atoms with Gasteiger partial charge in [0.1, 0.15) is 0 Å². The van der Waals surface area contributed by atoms with Crippen LogP contribution in [-0.2, 0) is 10.1 Å². The van der Waals surface area contributed by atoms with Crippen LogP contribution in [0, 0.1) is 0 Å². The van der Waals surface area contributed by atoms with Crippen molar-refractivity contribution < 1.29 is 52.5 Å². The van der Waals surface area contributed by atoms with Crippen molar-refractivity contribution >= 4 is 29.0 Å². The van der Waals surface area contributed by atoms with E-state index in [2.05, 4.69) is 0 Å². The van der Waals surface area contributed by atoms with Crippen molar-refractivity contribution in [1.29, 1.82) is 0 Å². The Morgan fingerprint density at radius 2 is 1.20 bits per heavy atom. The molecule has 3 unspecified atom stereocenters. The summed E-state index contributed by atoms with van der Waals surface area (Å²) in [7, 11) is -6.40. The van der Waals surface area contributed by atoms with Gasteiger partial charge in [-0.25, -0.2) is 22.0 Å². The molecule has 0 fully saturated rings. The summed E-state index contributed by atoms with van der Waals surface area (Å²) >= 11 is 0. The average molecular weight is 336 g/mol. The zero-order chi connectivity index (χ0) is 15.8. The van der Waals surface area contributed by atoms with E-state index in [1.165, 1.54) is 0 Å². The molecule has 0 amide bonds. The minimum atomic E-state index is -6.46. The van der Waals surface area contributed by atoms with Gasteiger partial charge in [-0.05, 0) is 0 Å². The number of rotatable bonds is 6. The van der Waals surface area contributed by atoms with Gasteiger partial charge in [0.2, 0.25) is 6.17 Å². The van der Waals surface area contributed by atoms with Crippen LogP contribution in [0.3, 0.4) is 0 Å². The van der Waals surface area contributed by atoms with E-state index >= 15 is 0 Å². The molecule has 0 aromatic heterocycles. The molecule has 0 saturated carbocycles. The fourth-order valence-corrected chi connectivity index (χ4v) is 1.38. The molecule has 0 heterocycles. The van der Waals surface area contributed by atoms with Gasteiger partial charge in [-0.3, -0.25) is 4.55 Å². The first kappa shape index (κ1) is 22.2. The predicted molar refractivity (Wildman–Crippen MR) is 49.3 cm³/mol. The molecule has 1 N–H and O–H groups in total. The van der Waals surface area contributed by atoms with Crippen molar-refractivity contribution in [1.82, 2.24) is 0 Å². The first-order valence-electron chi connectivity index (χ1n) is 4.09. The van der Waals surface area contributed by atoms with E-state index in [9.17, 15) is 47.9 Å². The second-order valence-corrected chi connectivity index (χ2v) is 4.70. The molecule has 3 nitrogen and oxygen atoms in total. The zero-order valence-electron chi connectivity index (χ0n) is 8.38. The van der Waals surface area contributed by atoms with E-state index in [-0.39, 0.29) is 18.9 Å². The molecule has 0 aliphatic rings. The van der Waals surface area contributed by atoms with Gasteiger partial charge in [0, 0.05) is 0 Å². The maximum absolute atomic E-state index is 12.7. The molecule has 0 aliphatic carbocycles. The van der Waals surface area contributed by atoms with Crippen LogP contribution in [0.2, 0.25) is 0 Å². The number of hydrogen-bond donors (Lipinski definition) is 1. The van der Waals surface area contributed by atoms with Crippen LogP contribution in [-0.4, -0.2) is 67.9 Å². The first-order chi connectivity index (χ1) is 8.17. The molecule has 14 heteroatoms.